The molecular formula is C27H29O4P. The molecule has 0 aliphatic rings. The molecule has 166 valence electrons. The number of benzene rings is 3. The minimum Gasteiger partial charge on any atom is -0.392 e. The first kappa shape index (κ1) is 23.8. The Morgan fingerprint density at radius 1 is 0.750 bits per heavy atom. The average Bonchev–Trinajstić information content (AvgIpc) is 2.72. The van der Waals surface area contributed by atoms with E-state index in [0.29, 0.717) is 33.4 Å². The molecule has 3 aromatic carbocycles. The van der Waals surface area contributed by atoms with Gasteiger partial charge in [0.25, 0.3) is 0 Å². The molecule has 32 heavy (non-hydrogen) atoms. The Morgan fingerprint density at radius 2 is 1.25 bits per heavy atom. The van der Waals surface area contributed by atoms with Gasteiger partial charge in [0, 0.05) is 16.4 Å². The van der Waals surface area contributed by atoms with Gasteiger partial charge in [0.2, 0.25) is 18.2 Å². The largest absolute Gasteiger partial charge is 0.392 e. The molecule has 3 rings (SSSR count). The van der Waals surface area contributed by atoms with E-state index in [0.717, 1.165) is 11.1 Å². The van der Waals surface area contributed by atoms with Gasteiger partial charge in [-0.3, -0.25) is 9.59 Å². The molecule has 4 nitrogen and oxygen atoms in total. The summed E-state index contributed by atoms with van der Waals surface area (Å²) in [5.41, 5.74) is 4.33. The molecule has 0 radical (unpaired) electrons. The van der Waals surface area contributed by atoms with Gasteiger partial charge in [-0.25, -0.2) is 0 Å². The van der Waals surface area contributed by atoms with Crippen LogP contribution in [-0.4, -0.2) is 16.2 Å². The van der Waals surface area contributed by atoms with Crippen molar-refractivity contribution in [2.24, 2.45) is 0 Å². The van der Waals surface area contributed by atoms with E-state index in [9.17, 15) is 19.3 Å². The zero-order valence-electron chi connectivity index (χ0n) is 19.4. The quantitative estimate of drug-likeness (QED) is 0.491. The Hall–Kier alpha value is -2.81. The van der Waals surface area contributed by atoms with Crippen LogP contribution in [0, 0.1) is 41.5 Å². The third kappa shape index (κ3) is 3.90. The van der Waals surface area contributed by atoms with Crippen LogP contribution in [0.3, 0.4) is 0 Å². The highest BCUT2D eigenvalue weighted by atomic mass is 31.2. The van der Waals surface area contributed by atoms with Crippen LogP contribution in [0.15, 0.2) is 48.5 Å². The number of carbonyl (C=O) groups excluding carboxylic acids is 2. The molecule has 3 aromatic rings. The molecule has 0 heterocycles. The molecule has 1 unspecified atom stereocenters. The summed E-state index contributed by atoms with van der Waals surface area (Å²) < 4.78 is 14.6. The minimum absolute atomic E-state index is 0.222. The van der Waals surface area contributed by atoms with E-state index in [1.54, 1.807) is 64.1 Å². The van der Waals surface area contributed by atoms with Crippen molar-refractivity contribution in [3.63, 3.8) is 0 Å². The lowest BCUT2D eigenvalue weighted by Gasteiger charge is -2.22. The summed E-state index contributed by atoms with van der Waals surface area (Å²) >= 11 is 0. The minimum atomic E-state index is -4.23. The van der Waals surface area contributed by atoms with Gasteiger partial charge in [-0.1, -0.05) is 54.1 Å². The first-order valence-corrected chi connectivity index (χ1v) is 12.3. The fraction of sp³-hybridized carbons (Fsp3) is 0.259. The number of hydrogen-bond acceptors (Lipinski definition) is 4. The highest BCUT2D eigenvalue weighted by Gasteiger charge is 2.44. The summed E-state index contributed by atoms with van der Waals surface area (Å²) in [5.74, 6) is 0. The Labute approximate surface area is 189 Å². The van der Waals surface area contributed by atoms with E-state index in [4.69, 9.17) is 0 Å². The van der Waals surface area contributed by atoms with Crippen LogP contribution in [0.2, 0.25) is 0 Å². The Morgan fingerprint density at radius 3 is 1.78 bits per heavy atom. The van der Waals surface area contributed by atoms with Crippen molar-refractivity contribution in [1.82, 2.24) is 0 Å². The number of rotatable bonds is 6. The van der Waals surface area contributed by atoms with Crippen molar-refractivity contribution in [2.75, 3.05) is 0 Å². The summed E-state index contributed by atoms with van der Waals surface area (Å²) in [6.07, 6.45) is 0. The van der Waals surface area contributed by atoms with Gasteiger partial charge < -0.3 is 9.67 Å². The van der Waals surface area contributed by atoms with Crippen LogP contribution in [0.4, 0.5) is 0 Å². The molecule has 5 heteroatoms. The summed E-state index contributed by atoms with van der Waals surface area (Å²) in [7, 11) is -4.23. The lowest BCUT2D eigenvalue weighted by molar-refractivity contribution is 0.104. The first-order valence-electron chi connectivity index (χ1n) is 10.6. The predicted octanol–water partition coefficient (Wildman–Crippen LogP) is 5.70. The van der Waals surface area contributed by atoms with E-state index in [2.05, 4.69) is 0 Å². The SMILES string of the molecule is Cc1cc(C)c(C(=O)P(=O)(C(=O)c2c(C)cc(C)c(CO)c2C)c2ccccc2)c(C)c1. The summed E-state index contributed by atoms with van der Waals surface area (Å²) in [4.78, 5) is 28.0. The Bertz CT molecular complexity index is 1250. The molecule has 0 fully saturated rings. The molecule has 0 aliphatic heterocycles. The smallest absolute Gasteiger partial charge is 0.248 e. The van der Waals surface area contributed by atoms with Gasteiger partial charge in [0.15, 0.2) is 0 Å². The zero-order valence-corrected chi connectivity index (χ0v) is 20.3. The molecule has 0 saturated heterocycles. The number of aliphatic hydroxyl groups is 1. The molecule has 0 aromatic heterocycles. The van der Waals surface area contributed by atoms with Crippen LogP contribution in [-0.2, 0) is 11.2 Å². The standard InChI is InChI=1S/C27H29O4P/c1-16-12-18(3)24(19(4)13-16)26(29)32(31,22-10-8-7-9-11-22)27(30)25-20(5)14-17(2)23(15-28)21(25)6/h7-14,28H,15H2,1-6H3. The second-order valence-electron chi connectivity index (χ2n) is 8.48. The van der Waals surface area contributed by atoms with Crippen molar-refractivity contribution in [3.8, 4) is 0 Å². The average molecular weight is 448 g/mol. The molecule has 0 spiro atoms. The van der Waals surface area contributed by atoms with E-state index in [-0.39, 0.29) is 17.5 Å². The van der Waals surface area contributed by atoms with Crippen molar-refractivity contribution in [2.45, 2.75) is 48.1 Å². The summed E-state index contributed by atoms with van der Waals surface area (Å²) in [5, 5.41) is 10.1. The van der Waals surface area contributed by atoms with Crippen LogP contribution in [0.5, 0.6) is 0 Å². The second kappa shape index (κ2) is 8.97. The number of hydrogen-bond donors (Lipinski definition) is 1. The van der Waals surface area contributed by atoms with Gasteiger partial charge in [-0.05, 0) is 74.9 Å². The van der Waals surface area contributed by atoms with Crippen molar-refractivity contribution < 1.29 is 19.3 Å². The summed E-state index contributed by atoms with van der Waals surface area (Å²) in [6.45, 7) is 10.7. The lowest BCUT2D eigenvalue weighted by Crippen LogP contribution is -2.23. The van der Waals surface area contributed by atoms with Gasteiger partial charge in [0.1, 0.15) is 0 Å². The molecule has 0 aliphatic carbocycles. The first-order chi connectivity index (χ1) is 15.0. The zero-order chi connectivity index (χ0) is 23.8. The number of aliphatic hydroxyl groups excluding tert-OH is 1. The maximum absolute atomic E-state index is 14.6. The van der Waals surface area contributed by atoms with E-state index in [1.165, 1.54) is 0 Å². The lowest BCUT2D eigenvalue weighted by atomic mass is 9.94. The Kier molecular flexibility index (Phi) is 6.69. The van der Waals surface area contributed by atoms with E-state index in [1.807, 2.05) is 26.0 Å². The maximum atomic E-state index is 14.6. The Balaban J connectivity index is 2.34. The van der Waals surface area contributed by atoms with Gasteiger partial charge in [-0.15, -0.1) is 0 Å². The monoisotopic (exact) mass is 448 g/mol. The van der Waals surface area contributed by atoms with E-state index < -0.39 is 18.2 Å². The molecule has 1 atom stereocenters. The number of carbonyl (C=O) groups is 2. The third-order valence-electron chi connectivity index (χ3n) is 6.09. The van der Waals surface area contributed by atoms with Gasteiger partial charge in [-0.2, -0.15) is 0 Å². The van der Waals surface area contributed by atoms with Crippen LogP contribution < -0.4 is 5.30 Å². The molecule has 0 saturated carbocycles. The molecule has 0 amide bonds. The fourth-order valence-corrected chi connectivity index (χ4v) is 7.17. The molecular weight excluding hydrogens is 419 g/mol. The second-order valence-corrected chi connectivity index (χ2v) is 11.0. The normalized spacial score (nSPS) is 13.0. The topological polar surface area (TPSA) is 71.4 Å². The molecule has 0 bridgehead atoms. The summed E-state index contributed by atoms with van der Waals surface area (Å²) in [6, 6.07) is 13.8. The fourth-order valence-electron chi connectivity index (χ4n) is 4.60. The van der Waals surface area contributed by atoms with Crippen molar-refractivity contribution in [1.29, 1.82) is 0 Å². The van der Waals surface area contributed by atoms with Crippen LogP contribution in [0.1, 0.15) is 59.7 Å². The third-order valence-corrected chi connectivity index (χ3v) is 8.70. The molecule has 1 N–H and O–H groups in total. The van der Waals surface area contributed by atoms with Crippen molar-refractivity contribution in [3.05, 3.63) is 98.6 Å². The van der Waals surface area contributed by atoms with Crippen LogP contribution >= 0.6 is 7.14 Å². The number of aryl methyl sites for hydroxylation is 5. The van der Waals surface area contributed by atoms with Crippen molar-refractivity contribution >= 4 is 23.5 Å². The van der Waals surface area contributed by atoms with Gasteiger partial charge >= 0.3 is 0 Å². The predicted molar refractivity (Wildman–Crippen MR) is 130 cm³/mol. The van der Waals surface area contributed by atoms with E-state index >= 15 is 0 Å². The van der Waals surface area contributed by atoms with Crippen LogP contribution in [0.25, 0.3) is 0 Å². The highest BCUT2D eigenvalue weighted by molar-refractivity contribution is 8.01. The maximum Gasteiger partial charge on any atom is 0.248 e. The van der Waals surface area contributed by atoms with Gasteiger partial charge in [0.05, 0.1) is 6.61 Å². The highest BCUT2D eigenvalue weighted by Crippen LogP contribution is 2.53.